The molecule has 0 atom stereocenters. The molecule has 0 saturated carbocycles. The zero-order valence-electron chi connectivity index (χ0n) is 11.7. The van der Waals surface area contributed by atoms with Crippen LogP contribution in [0.3, 0.4) is 0 Å². The van der Waals surface area contributed by atoms with E-state index in [4.69, 9.17) is 4.74 Å². The van der Waals surface area contributed by atoms with E-state index in [0.717, 1.165) is 21.3 Å². The van der Waals surface area contributed by atoms with Crippen molar-refractivity contribution in [3.05, 3.63) is 64.1 Å². The van der Waals surface area contributed by atoms with Crippen molar-refractivity contribution in [3.8, 4) is 17.6 Å². The van der Waals surface area contributed by atoms with E-state index in [2.05, 4.69) is 53.8 Å². The van der Waals surface area contributed by atoms with Crippen molar-refractivity contribution >= 4 is 15.9 Å². The Bertz CT molecular complexity index is 621. The largest absolute Gasteiger partial charge is 0.488 e. The lowest BCUT2D eigenvalue weighted by atomic mass is 10.1. The molecule has 0 aliphatic carbocycles. The van der Waals surface area contributed by atoms with Crippen LogP contribution in [-0.2, 0) is 6.61 Å². The number of rotatable bonds is 3. The third kappa shape index (κ3) is 4.15. The minimum atomic E-state index is 0.337. The minimum Gasteiger partial charge on any atom is -0.488 e. The van der Waals surface area contributed by atoms with Crippen molar-refractivity contribution in [2.75, 3.05) is 0 Å². The van der Waals surface area contributed by atoms with E-state index in [9.17, 15) is 0 Å². The molecule has 0 aromatic heterocycles. The molecule has 2 rings (SSSR count). The minimum absolute atomic E-state index is 0.337. The van der Waals surface area contributed by atoms with Gasteiger partial charge in [-0.1, -0.05) is 62.1 Å². The third-order valence-corrected chi connectivity index (χ3v) is 3.36. The van der Waals surface area contributed by atoms with Crippen LogP contribution >= 0.6 is 15.9 Å². The maximum Gasteiger partial charge on any atom is 0.136 e. The fourth-order valence-corrected chi connectivity index (χ4v) is 2.14. The highest BCUT2D eigenvalue weighted by Gasteiger charge is 2.06. The molecule has 2 heteroatoms. The van der Waals surface area contributed by atoms with E-state index >= 15 is 0 Å². The summed E-state index contributed by atoms with van der Waals surface area (Å²) in [7, 11) is 0. The predicted molar refractivity (Wildman–Crippen MR) is 86.6 cm³/mol. The second-order valence-electron chi connectivity index (χ2n) is 4.81. The maximum absolute atomic E-state index is 5.90. The van der Waals surface area contributed by atoms with Gasteiger partial charge in [0.2, 0.25) is 0 Å². The average molecular weight is 329 g/mol. The molecule has 0 unspecified atom stereocenters. The smallest absolute Gasteiger partial charge is 0.136 e. The lowest BCUT2D eigenvalue weighted by molar-refractivity contribution is 0.305. The third-order valence-electron chi connectivity index (χ3n) is 2.70. The molecule has 0 amide bonds. The van der Waals surface area contributed by atoms with Crippen LogP contribution < -0.4 is 4.74 Å². The summed E-state index contributed by atoms with van der Waals surface area (Å²) in [6.07, 6.45) is 0. The number of hydrogen-bond acceptors (Lipinski definition) is 1. The molecule has 0 fully saturated rings. The molecule has 0 radical (unpaired) electrons. The van der Waals surface area contributed by atoms with Crippen molar-refractivity contribution < 1.29 is 4.74 Å². The van der Waals surface area contributed by atoms with E-state index in [1.54, 1.807) is 0 Å². The summed E-state index contributed by atoms with van der Waals surface area (Å²) in [5, 5.41) is 0. The van der Waals surface area contributed by atoms with Gasteiger partial charge in [0.05, 0.1) is 5.56 Å². The summed E-state index contributed by atoms with van der Waals surface area (Å²) in [4.78, 5) is 0. The van der Waals surface area contributed by atoms with Gasteiger partial charge in [0, 0.05) is 10.4 Å². The maximum atomic E-state index is 5.90. The summed E-state index contributed by atoms with van der Waals surface area (Å²) in [5.41, 5.74) is 2.06. The second-order valence-corrected chi connectivity index (χ2v) is 5.67. The first-order valence-corrected chi connectivity index (χ1v) is 7.43. The van der Waals surface area contributed by atoms with Crippen molar-refractivity contribution in [2.45, 2.75) is 20.5 Å². The van der Waals surface area contributed by atoms with Gasteiger partial charge in [0.15, 0.2) is 0 Å². The summed E-state index contributed by atoms with van der Waals surface area (Å²) in [6.45, 7) is 4.70. The number of benzene rings is 2. The lowest BCUT2D eigenvalue weighted by Gasteiger charge is -2.09. The first kappa shape index (κ1) is 14.7. The van der Waals surface area contributed by atoms with Gasteiger partial charge >= 0.3 is 0 Å². The van der Waals surface area contributed by atoms with Crippen LogP contribution in [0.2, 0.25) is 0 Å². The highest BCUT2D eigenvalue weighted by atomic mass is 79.9. The molecule has 2 aromatic carbocycles. The lowest BCUT2D eigenvalue weighted by Crippen LogP contribution is -1.97. The Morgan fingerprint density at radius 1 is 1.05 bits per heavy atom. The molecule has 0 aliphatic heterocycles. The van der Waals surface area contributed by atoms with Gasteiger partial charge < -0.3 is 4.74 Å². The Morgan fingerprint density at radius 3 is 2.50 bits per heavy atom. The topological polar surface area (TPSA) is 9.23 Å². The molecule has 20 heavy (non-hydrogen) atoms. The van der Waals surface area contributed by atoms with Gasteiger partial charge in [-0.15, -0.1) is 0 Å². The van der Waals surface area contributed by atoms with E-state index < -0.39 is 0 Å². The normalized spacial score (nSPS) is 10.0. The molecule has 102 valence electrons. The predicted octanol–water partition coefficient (Wildman–Crippen LogP) is 5.04. The molecule has 0 saturated heterocycles. The Morgan fingerprint density at radius 2 is 1.80 bits per heavy atom. The van der Waals surface area contributed by atoms with Gasteiger partial charge in [-0.25, -0.2) is 0 Å². The zero-order chi connectivity index (χ0) is 14.4. The van der Waals surface area contributed by atoms with Crippen LogP contribution in [0.25, 0.3) is 0 Å². The van der Waals surface area contributed by atoms with Crippen molar-refractivity contribution in [1.29, 1.82) is 0 Å². The first-order chi connectivity index (χ1) is 9.66. The molecule has 0 bridgehead atoms. The average Bonchev–Trinajstić information content (AvgIpc) is 2.45. The Hall–Kier alpha value is -1.72. The fourth-order valence-electron chi connectivity index (χ4n) is 1.70. The standard InChI is InChI=1S/C18H17BrO/c1-14(2)11-12-16-17(19)9-6-10-18(16)20-13-15-7-4-3-5-8-15/h3-10,14H,13H2,1-2H3. The molecule has 0 N–H and O–H groups in total. The van der Waals surface area contributed by atoms with Crippen LogP contribution in [0.1, 0.15) is 25.0 Å². The first-order valence-electron chi connectivity index (χ1n) is 6.63. The van der Waals surface area contributed by atoms with Gasteiger partial charge in [0.25, 0.3) is 0 Å². The fraction of sp³-hybridized carbons (Fsp3) is 0.222. The van der Waals surface area contributed by atoms with Crippen LogP contribution in [0.5, 0.6) is 5.75 Å². The molecular formula is C18H17BrO. The van der Waals surface area contributed by atoms with Gasteiger partial charge in [-0.05, 0) is 33.6 Å². The van der Waals surface area contributed by atoms with Gasteiger partial charge in [0.1, 0.15) is 12.4 Å². The van der Waals surface area contributed by atoms with E-state index in [0.29, 0.717) is 12.5 Å². The van der Waals surface area contributed by atoms with E-state index in [1.807, 2.05) is 36.4 Å². The monoisotopic (exact) mass is 328 g/mol. The molecule has 0 spiro atoms. The van der Waals surface area contributed by atoms with E-state index in [1.165, 1.54) is 0 Å². The molecule has 2 aromatic rings. The SMILES string of the molecule is CC(C)C#Cc1c(Br)cccc1OCc1ccccc1. The van der Waals surface area contributed by atoms with E-state index in [-0.39, 0.29) is 0 Å². The summed E-state index contributed by atoms with van der Waals surface area (Å²) >= 11 is 3.54. The number of ether oxygens (including phenoxy) is 1. The zero-order valence-corrected chi connectivity index (χ0v) is 13.3. The highest BCUT2D eigenvalue weighted by molar-refractivity contribution is 9.10. The molecule has 1 nitrogen and oxygen atoms in total. The number of halogens is 1. The van der Waals surface area contributed by atoms with Crippen LogP contribution in [0, 0.1) is 17.8 Å². The quantitative estimate of drug-likeness (QED) is 0.717. The van der Waals surface area contributed by atoms with Crippen molar-refractivity contribution in [1.82, 2.24) is 0 Å². The highest BCUT2D eigenvalue weighted by Crippen LogP contribution is 2.26. The molecule has 0 heterocycles. The van der Waals surface area contributed by atoms with Gasteiger partial charge in [-0.2, -0.15) is 0 Å². The molecular weight excluding hydrogens is 312 g/mol. The summed E-state index contributed by atoms with van der Waals surface area (Å²) < 4.78 is 6.87. The van der Waals surface area contributed by atoms with Gasteiger partial charge in [-0.3, -0.25) is 0 Å². The summed E-state index contributed by atoms with van der Waals surface area (Å²) in [6, 6.07) is 16.0. The van der Waals surface area contributed by atoms with Crippen molar-refractivity contribution in [2.24, 2.45) is 5.92 Å². The Labute approximate surface area is 129 Å². The Kier molecular flexibility index (Phi) is 5.26. The number of hydrogen-bond donors (Lipinski definition) is 0. The van der Waals surface area contributed by atoms with Crippen LogP contribution in [0.4, 0.5) is 0 Å². The Balaban J connectivity index is 2.20. The van der Waals surface area contributed by atoms with Crippen molar-refractivity contribution in [3.63, 3.8) is 0 Å². The van der Waals surface area contributed by atoms with Crippen LogP contribution in [0.15, 0.2) is 53.0 Å². The molecule has 0 aliphatic rings. The second kappa shape index (κ2) is 7.17. The van der Waals surface area contributed by atoms with Crippen LogP contribution in [-0.4, -0.2) is 0 Å². The summed E-state index contributed by atoms with van der Waals surface area (Å²) in [5.74, 6) is 7.53.